The van der Waals surface area contributed by atoms with Crippen LogP contribution in [0.15, 0.2) is 17.7 Å². The van der Waals surface area contributed by atoms with Crippen LogP contribution in [0.2, 0.25) is 0 Å². The van der Waals surface area contributed by atoms with Crippen molar-refractivity contribution in [1.82, 2.24) is 10.2 Å². The molecule has 0 N–H and O–H groups in total. The first-order valence-corrected chi connectivity index (χ1v) is 4.10. The summed E-state index contributed by atoms with van der Waals surface area (Å²) in [5.74, 6) is 1.03. The smallest absolute Gasteiger partial charge is 0.0902 e. The molecule has 1 aliphatic rings. The monoisotopic (exact) mass is 150 g/mol. The van der Waals surface area contributed by atoms with Gasteiger partial charge in [-0.2, -0.15) is 10.2 Å². The predicted octanol–water partition coefficient (Wildman–Crippen LogP) is 1.69. The summed E-state index contributed by atoms with van der Waals surface area (Å²) in [6.07, 6.45) is 3.73. The molecule has 0 fully saturated rings. The molecule has 10 heavy (non-hydrogen) atoms. The maximum absolute atomic E-state index is 3.97. The zero-order valence-corrected chi connectivity index (χ0v) is 6.14. The zero-order chi connectivity index (χ0) is 6.81. The van der Waals surface area contributed by atoms with Gasteiger partial charge in [0, 0.05) is 11.9 Å². The molecule has 1 aromatic heterocycles. The van der Waals surface area contributed by atoms with Crippen LogP contribution in [0.4, 0.5) is 0 Å². The summed E-state index contributed by atoms with van der Waals surface area (Å²) in [5.41, 5.74) is 2.30. The number of rotatable bonds is 0. The standard InChI is InChI=1S/C7H6N2S/c1-3-8-9-7-2-4-10-5-6(1)7/h1-4H,5H2. The second-order valence-corrected chi connectivity index (χ2v) is 2.95. The number of nitrogens with zero attached hydrogens (tertiary/aromatic N) is 2. The first-order valence-electron chi connectivity index (χ1n) is 3.05. The largest absolute Gasteiger partial charge is 0.159 e. The Labute approximate surface area is 63.4 Å². The van der Waals surface area contributed by atoms with Crippen LogP contribution in [0.1, 0.15) is 11.3 Å². The van der Waals surface area contributed by atoms with Gasteiger partial charge in [0.05, 0.1) is 5.69 Å². The number of aromatic nitrogens is 2. The summed E-state index contributed by atoms with van der Waals surface area (Å²) in [4.78, 5) is 0. The third-order valence-corrected chi connectivity index (χ3v) is 2.20. The van der Waals surface area contributed by atoms with E-state index in [0.29, 0.717) is 0 Å². The molecule has 1 aromatic rings. The number of thioether (sulfide) groups is 1. The fourth-order valence-corrected chi connectivity index (χ4v) is 1.63. The highest BCUT2D eigenvalue weighted by Gasteiger charge is 2.03. The van der Waals surface area contributed by atoms with Crippen molar-refractivity contribution in [2.24, 2.45) is 0 Å². The van der Waals surface area contributed by atoms with Crippen molar-refractivity contribution in [2.45, 2.75) is 5.75 Å². The molecule has 0 spiro atoms. The Hall–Kier alpha value is -0.830. The van der Waals surface area contributed by atoms with Gasteiger partial charge < -0.3 is 0 Å². The first-order chi connectivity index (χ1) is 4.97. The van der Waals surface area contributed by atoms with Gasteiger partial charge in [0.25, 0.3) is 0 Å². The topological polar surface area (TPSA) is 25.8 Å². The summed E-state index contributed by atoms with van der Waals surface area (Å²) in [6, 6.07) is 2.01. The molecule has 0 saturated carbocycles. The third kappa shape index (κ3) is 0.926. The number of hydrogen-bond acceptors (Lipinski definition) is 3. The lowest BCUT2D eigenvalue weighted by atomic mass is 10.2. The van der Waals surface area contributed by atoms with Gasteiger partial charge >= 0.3 is 0 Å². The van der Waals surface area contributed by atoms with E-state index in [4.69, 9.17) is 0 Å². The van der Waals surface area contributed by atoms with Crippen molar-refractivity contribution < 1.29 is 0 Å². The minimum atomic E-state index is 1.02. The summed E-state index contributed by atoms with van der Waals surface area (Å²) in [5, 5.41) is 9.81. The Morgan fingerprint density at radius 1 is 1.50 bits per heavy atom. The molecule has 0 aromatic carbocycles. The number of fused-ring (bicyclic) bond motifs is 1. The molecular formula is C7H6N2S. The molecule has 0 unspecified atom stereocenters. The van der Waals surface area contributed by atoms with Crippen LogP contribution in [-0.4, -0.2) is 10.2 Å². The van der Waals surface area contributed by atoms with E-state index < -0.39 is 0 Å². The van der Waals surface area contributed by atoms with Crippen LogP contribution in [0.25, 0.3) is 6.08 Å². The van der Waals surface area contributed by atoms with E-state index in [2.05, 4.69) is 15.6 Å². The van der Waals surface area contributed by atoms with Crippen LogP contribution in [0.3, 0.4) is 0 Å². The SMILES string of the molecule is C1=Cc2nnccc2CS1. The Balaban J connectivity index is 2.54. The maximum atomic E-state index is 3.97. The number of hydrogen-bond donors (Lipinski definition) is 0. The van der Waals surface area contributed by atoms with Gasteiger partial charge in [-0.15, -0.1) is 11.8 Å². The molecule has 0 saturated heterocycles. The van der Waals surface area contributed by atoms with Crippen LogP contribution >= 0.6 is 11.8 Å². The molecule has 1 aliphatic heterocycles. The lowest BCUT2D eigenvalue weighted by Gasteiger charge is -2.05. The molecule has 0 amide bonds. The van der Waals surface area contributed by atoms with Gasteiger partial charge in [-0.25, -0.2) is 0 Å². The summed E-state index contributed by atoms with van der Waals surface area (Å²) < 4.78 is 0. The van der Waals surface area contributed by atoms with E-state index >= 15 is 0 Å². The Morgan fingerprint density at radius 2 is 2.50 bits per heavy atom. The van der Waals surface area contributed by atoms with Crippen LogP contribution in [0, 0.1) is 0 Å². The Morgan fingerprint density at radius 3 is 3.40 bits per heavy atom. The molecule has 0 atom stereocenters. The van der Waals surface area contributed by atoms with Gasteiger partial charge in [-0.3, -0.25) is 0 Å². The van der Waals surface area contributed by atoms with E-state index in [1.165, 1.54) is 5.56 Å². The molecule has 0 radical (unpaired) electrons. The fraction of sp³-hybridized carbons (Fsp3) is 0.143. The van der Waals surface area contributed by atoms with E-state index in [1.54, 1.807) is 18.0 Å². The van der Waals surface area contributed by atoms with Crippen molar-refractivity contribution >= 4 is 17.8 Å². The average molecular weight is 150 g/mol. The summed E-state index contributed by atoms with van der Waals surface area (Å²) >= 11 is 1.79. The second kappa shape index (κ2) is 2.42. The molecular weight excluding hydrogens is 144 g/mol. The molecule has 0 aliphatic carbocycles. The highest BCUT2D eigenvalue weighted by atomic mass is 32.2. The van der Waals surface area contributed by atoms with Crippen molar-refractivity contribution in [2.75, 3.05) is 0 Å². The lowest BCUT2D eigenvalue weighted by molar-refractivity contribution is 0.995. The third-order valence-electron chi connectivity index (χ3n) is 1.40. The molecule has 0 bridgehead atoms. The van der Waals surface area contributed by atoms with E-state index in [0.717, 1.165) is 11.4 Å². The summed E-state index contributed by atoms with van der Waals surface area (Å²) in [6.45, 7) is 0. The molecule has 50 valence electrons. The Bertz CT molecular complexity index is 270. The van der Waals surface area contributed by atoms with Crippen molar-refractivity contribution in [3.05, 3.63) is 28.9 Å². The molecule has 2 rings (SSSR count). The normalized spacial score (nSPS) is 14.8. The highest BCUT2D eigenvalue weighted by Crippen LogP contribution is 2.22. The van der Waals surface area contributed by atoms with Crippen LogP contribution in [-0.2, 0) is 5.75 Å². The lowest BCUT2D eigenvalue weighted by Crippen LogP contribution is -1.94. The molecule has 3 heteroatoms. The Kier molecular flexibility index (Phi) is 1.43. The fourth-order valence-electron chi connectivity index (χ4n) is 0.881. The highest BCUT2D eigenvalue weighted by molar-refractivity contribution is 8.01. The molecule has 2 heterocycles. The van der Waals surface area contributed by atoms with E-state index in [1.807, 2.05) is 12.1 Å². The quantitative estimate of drug-likeness (QED) is 0.563. The van der Waals surface area contributed by atoms with Gasteiger partial charge in [0.2, 0.25) is 0 Å². The van der Waals surface area contributed by atoms with Crippen molar-refractivity contribution in [3.8, 4) is 0 Å². The summed E-state index contributed by atoms with van der Waals surface area (Å²) in [7, 11) is 0. The second-order valence-electron chi connectivity index (χ2n) is 2.06. The van der Waals surface area contributed by atoms with E-state index in [9.17, 15) is 0 Å². The first kappa shape index (κ1) is 5.92. The minimum Gasteiger partial charge on any atom is -0.159 e. The van der Waals surface area contributed by atoms with Crippen LogP contribution in [0.5, 0.6) is 0 Å². The minimum absolute atomic E-state index is 1.02. The van der Waals surface area contributed by atoms with Gasteiger partial charge in [-0.1, -0.05) is 0 Å². The van der Waals surface area contributed by atoms with Gasteiger partial charge in [-0.05, 0) is 23.1 Å². The van der Waals surface area contributed by atoms with Crippen LogP contribution < -0.4 is 0 Å². The van der Waals surface area contributed by atoms with Crippen molar-refractivity contribution in [1.29, 1.82) is 0 Å². The average Bonchev–Trinajstić information content (AvgIpc) is 2.05. The van der Waals surface area contributed by atoms with Gasteiger partial charge in [0.15, 0.2) is 0 Å². The molecule has 2 nitrogen and oxygen atoms in total. The predicted molar refractivity (Wildman–Crippen MR) is 42.4 cm³/mol. The van der Waals surface area contributed by atoms with E-state index in [-0.39, 0.29) is 0 Å². The van der Waals surface area contributed by atoms with Gasteiger partial charge in [0.1, 0.15) is 0 Å². The zero-order valence-electron chi connectivity index (χ0n) is 5.32. The van der Waals surface area contributed by atoms with Crippen molar-refractivity contribution in [3.63, 3.8) is 0 Å². The maximum Gasteiger partial charge on any atom is 0.0902 e.